The van der Waals surface area contributed by atoms with Crippen molar-refractivity contribution in [1.82, 2.24) is 10.2 Å². The summed E-state index contributed by atoms with van der Waals surface area (Å²) in [5.41, 5.74) is 0. The van der Waals surface area contributed by atoms with E-state index in [1.807, 2.05) is 19.0 Å². The van der Waals surface area contributed by atoms with E-state index >= 15 is 0 Å². The van der Waals surface area contributed by atoms with Crippen LogP contribution in [0.3, 0.4) is 0 Å². The summed E-state index contributed by atoms with van der Waals surface area (Å²) >= 11 is 0. The monoisotopic (exact) mass is 214 g/mol. The van der Waals surface area contributed by atoms with Gasteiger partial charge in [-0.1, -0.05) is 25.7 Å². The lowest BCUT2D eigenvalue weighted by atomic mass is 10.0. The Balaban J connectivity index is 1.91. The first-order valence-electron chi connectivity index (χ1n) is 6.22. The Hall–Kier alpha value is -0.120. The highest BCUT2D eigenvalue weighted by Crippen LogP contribution is 2.26. The van der Waals surface area contributed by atoms with Crippen molar-refractivity contribution in [1.29, 1.82) is 0 Å². The van der Waals surface area contributed by atoms with Gasteiger partial charge in [0.1, 0.15) is 0 Å². The maximum Gasteiger partial charge on any atom is 0.0791 e. The minimum absolute atomic E-state index is 0.233. The number of aliphatic hydroxyl groups is 1. The van der Waals surface area contributed by atoms with Gasteiger partial charge in [-0.15, -0.1) is 0 Å². The fraction of sp³-hybridized carbons (Fsp3) is 1.00. The second kappa shape index (κ2) is 7.20. The topological polar surface area (TPSA) is 35.5 Å². The minimum Gasteiger partial charge on any atom is -0.390 e. The molecule has 1 aliphatic rings. The molecule has 3 heteroatoms. The Morgan fingerprint density at radius 2 is 2.00 bits per heavy atom. The summed E-state index contributed by atoms with van der Waals surface area (Å²) in [6.45, 7) is 2.54. The third kappa shape index (κ3) is 6.13. The van der Waals surface area contributed by atoms with Crippen molar-refractivity contribution in [3.63, 3.8) is 0 Å². The maximum absolute atomic E-state index is 9.61. The lowest BCUT2D eigenvalue weighted by Gasteiger charge is -2.17. The van der Waals surface area contributed by atoms with E-state index in [1.165, 1.54) is 32.1 Å². The fourth-order valence-electron chi connectivity index (χ4n) is 2.36. The van der Waals surface area contributed by atoms with Crippen LogP contribution in [0.1, 0.15) is 32.1 Å². The van der Waals surface area contributed by atoms with Gasteiger partial charge in [0.2, 0.25) is 0 Å². The van der Waals surface area contributed by atoms with Crippen LogP contribution < -0.4 is 5.32 Å². The van der Waals surface area contributed by atoms with Crippen LogP contribution >= 0.6 is 0 Å². The standard InChI is InChI=1S/C12H26N2O/c1-14(2)10-12(15)9-13-8-7-11-5-3-4-6-11/h11-13,15H,3-10H2,1-2H3. The molecule has 0 heterocycles. The third-order valence-electron chi connectivity index (χ3n) is 3.16. The number of likely N-dealkylation sites (N-methyl/N-ethyl adjacent to an activating group) is 1. The number of nitrogens with zero attached hydrogens (tertiary/aromatic N) is 1. The van der Waals surface area contributed by atoms with Crippen LogP contribution in [0.2, 0.25) is 0 Å². The van der Waals surface area contributed by atoms with Gasteiger partial charge in [-0.05, 0) is 33.0 Å². The molecule has 2 N–H and O–H groups in total. The van der Waals surface area contributed by atoms with Gasteiger partial charge in [0.05, 0.1) is 6.10 Å². The Bertz CT molecular complexity index is 156. The van der Waals surface area contributed by atoms with Crippen molar-refractivity contribution < 1.29 is 5.11 Å². The Labute approximate surface area is 93.9 Å². The van der Waals surface area contributed by atoms with Crippen molar-refractivity contribution in [2.24, 2.45) is 5.92 Å². The highest BCUT2D eigenvalue weighted by Gasteiger charge is 2.14. The van der Waals surface area contributed by atoms with Crippen molar-refractivity contribution in [3.8, 4) is 0 Å². The summed E-state index contributed by atoms with van der Waals surface area (Å²) < 4.78 is 0. The van der Waals surface area contributed by atoms with Gasteiger partial charge in [0, 0.05) is 13.1 Å². The van der Waals surface area contributed by atoms with E-state index < -0.39 is 0 Å². The van der Waals surface area contributed by atoms with Gasteiger partial charge < -0.3 is 15.3 Å². The van der Waals surface area contributed by atoms with Gasteiger partial charge in [-0.3, -0.25) is 0 Å². The minimum atomic E-state index is -0.233. The van der Waals surface area contributed by atoms with E-state index in [1.54, 1.807) is 0 Å². The molecule has 15 heavy (non-hydrogen) atoms. The zero-order valence-electron chi connectivity index (χ0n) is 10.2. The summed E-state index contributed by atoms with van der Waals surface area (Å²) in [4.78, 5) is 2.02. The van der Waals surface area contributed by atoms with Crippen molar-refractivity contribution in [2.75, 3.05) is 33.7 Å². The number of rotatable bonds is 7. The van der Waals surface area contributed by atoms with E-state index in [0.29, 0.717) is 0 Å². The van der Waals surface area contributed by atoms with Gasteiger partial charge in [0.15, 0.2) is 0 Å². The number of hydrogen-bond acceptors (Lipinski definition) is 3. The molecule has 1 rings (SSSR count). The van der Waals surface area contributed by atoms with Gasteiger partial charge >= 0.3 is 0 Å². The Kier molecular flexibility index (Phi) is 6.22. The molecule has 0 aromatic heterocycles. The highest BCUT2D eigenvalue weighted by molar-refractivity contribution is 4.69. The Morgan fingerprint density at radius 1 is 1.33 bits per heavy atom. The predicted molar refractivity (Wildman–Crippen MR) is 64.0 cm³/mol. The molecule has 90 valence electrons. The first-order chi connectivity index (χ1) is 7.18. The zero-order chi connectivity index (χ0) is 11.1. The van der Waals surface area contributed by atoms with Crippen molar-refractivity contribution in [3.05, 3.63) is 0 Å². The van der Waals surface area contributed by atoms with E-state index in [-0.39, 0.29) is 6.10 Å². The summed E-state index contributed by atoms with van der Waals surface area (Å²) in [6, 6.07) is 0. The molecule has 0 radical (unpaired) electrons. The van der Waals surface area contributed by atoms with Crippen LogP contribution in [0, 0.1) is 5.92 Å². The third-order valence-corrected chi connectivity index (χ3v) is 3.16. The smallest absolute Gasteiger partial charge is 0.0791 e. The second-order valence-corrected chi connectivity index (χ2v) is 5.06. The van der Waals surface area contributed by atoms with Crippen molar-refractivity contribution in [2.45, 2.75) is 38.2 Å². The molecular formula is C12H26N2O. The lowest BCUT2D eigenvalue weighted by Crippen LogP contribution is -2.35. The first kappa shape index (κ1) is 12.9. The molecule has 0 spiro atoms. The summed E-state index contributed by atoms with van der Waals surface area (Å²) in [6.07, 6.45) is 6.74. The molecule has 0 amide bonds. The summed E-state index contributed by atoms with van der Waals surface area (Å²) in [5.74, 6) is 0.948. The van der Waals surface area contributed by atoms with E-state index in [9.17, 15) is 5.11 Å². The second-order valence-electron chi connectivity index (χ2n) is 5.06. The van der Waals surface area contributed by atoms with Crippen LogP contribution in [0.25, 0.3) is 0 Å². The summed E-state index contributed by atoms with van der Waals surface area (Å²) in [5, 5.41) is 12.9. The van der Waals surface area contributed by atoms with Gasteiger partial charge in [-0.25, -0.2) is 0 Å². The van der Waals surface area contributed by atoms with E-state index in [4.69, 9.17) is 0 Å². The number of nitrogens with one attached hydrogen (secondary N) is 1. The average Bonchev–Trinajstić information content (AvgIpc) is 2.63. The quantitative estimate of drug-likeness (QED) is 0.623. The van der Waals surface area contributed by atoms with Gasteiger partial charge in [0.25, 0.3) is 0 Å². The molecule has 0 aromatic carbocycles. The van der Waals surface area contributed by atoms with Crippen LogP contribution in [-0.2, 0) is 0 Å². The molecule has 0 aromatic rings. The van der Waals surface area contributed by atoms with Crippen molar-refractivity contribution >= 4 is 0 Å². The molecule has 1 aliphatic carbocycles. The average molecular weight is 214 g/mol. The summed E-state index contributed by atoms with van der Waals surface area (Å²) in [7, 11) is 3.98. The molecular weight excluding hydrogens is 188 g/mol. The van der Waals surface area contributed by atoms with E-state index in [2.05, 4.69) is 5.32 Å². The highest BCUT2D eigenvalue weighted by atomic mass is 16.3. The Morgan fingerprint density at radius 3 is 2.60 bits per heavy atom. The molecule has 1 atom stereocenters. The molecule has 0 bridgehead atoms. The lowest BCUT2D eigenvalue weighted by molar-refractivity contribution is 0.134. The maximum atomic E-state index is 9.61. The first-order valence-corrected chi connectivity index (χ1v) is 6.22. The van der Waals surface area contributed by atoms with Crippen LogP contribution in [-0.4, -0.2) is 49.8 Å². The van der Waals surface area contributed by atoms with Crippen LogP contribution in [0.4, 0.5) is 0 Å². The normalized spacial score (nSPS) is 20.0. The molecule has 1 fully saturated rings. The fourth-order valence-corrected chi connectivity index (χ4v) is 2.36. The molecule has 1 unspecified atom stereocenters. The van der Waals surface area contributed by atoms with Crippen LogP contribution in [0.5, 0.6) is 0 Å². The largest absolute Gasteiger partial charge is 0.390 e. The SMILES string of the molecule is CN(C)CC(O)CNCCC1CCCC1. The van der Waals surface area contributed by atoms with E-state index in [0.717, 1.165) is 25.6 Å². The number of hydrogen-bond donors (Lipinski definition) is 2. The molecule has 3 nitrogen and oxygen atoms in total. The van der Waals surface area contributed by atoms with Gasteiger partial charge in [-0.2, -0.15) is 0 Å². The zero-order valence-corrected chi connectivity index (χ0v) is 10.2. The molecule has 0 aliphatic heterocycles. The molecule has 0 saturated heterocycles. The predicted octanol–water partition coefficient (Wildman–Crippen LogP) is 1.08. The molecule has 1 saturated carbocycles. The number of aliphatic hydroxyl groups excluding tert-OH is 1. The van der Waals surface area contributed by atoms with Crippen LogP contribution in [0.15, 0.2) is 0 Å².